The van der Waals surface area contributed by atoms with E-state index in [0.29, 0.717) is 6.54 Å². The van der Waals surface area contributed by atoms with E-state index in [9.17, 15) is 18.0 Å². The lowest BCUT2D eigenvalue weighted by Crippen LogP contribution is -2.30. The normalized spacial score (nSPS) is 11.3. The third-order valence-electron chi connectivity index (χ3n) is 3.14. The zero-order chi connectivity index (χ0) is 16.3. The summed E-state index contributed by atoms with van der Waals surface area (Å²) in [5.41, 5.74) is 0.417. The van der Waals surface area contributed by atoms with Crippen molar-refractivity contribution in [3.63, 3.8) is 0 Å². The molecule has 0 unspecified atom stereocenters. The number of amides is 2. The van der Waals surface area contributed by atoms with Gasteiger partial charge in [0.15, 0.2) is 0 Å². The fourth-order valence-electron chi connectivity index (χ4n) is 1.85. The van der Waals surface area contributed by atoms with Crippen molar-refractivity contribution < 1.29 is 18.0 Å². The minimum Gasteiger partial charge on any atom is -0.322 e. The van der Waals surface area contributed by atoms with Crippen LogP contribution >= 0.6 is 11.3 Å². The quantitative estimate of drug-likeness (QED) is 0.867. The number of thiophene rings is 1. The number of nitrogens with one attached hydrogen (secondary N) is 1. The average molecular weight is 328 g/mol. The molecule has 0 saturated carbocycles. The van der Waals surface area contributed by atoms with Gasteiger partial charge in [0, 0.05) is 17.6 Å². The van der Waals surface area contributed by atoms with Crippen LogP contribution in [0.1, 0.15) is 16.0 Å². The van der Waals surface area contributed by atoms with Crippen molar-refractivity contribution in [2.45, 2.75) is 19.6 Å². The van der Waals surface area contributed by atoms with Gasteiger partial charge in [-0.15, -0.1) is 11.3 Å². The Labute approximate surface area is 130 Å². The molecule has 0 aliphatic carbocycles. The van der Waals surface area contributed by atoms with Gasteiger partial charge in [-0.3, -0.25) is 0 Å². The Bertz CT molecular complexity index is 667. The molecular weight excluding hydrogens is 313 g/mol. The van der Waals surface area contributed by atoms with Gasteiger partial charge in [0.1, 0.15) is 0 Å². The maximum Gasteiger partial charge on any atom is 0.416 e. The predicted molar refractivity (Wildman–Crippen MR) is 81.0 cm³/mol. The molecular formula is C15H15F3N2OS. The van der Waals surface area contributed by atoms with E-state index in [1.165, 1.54) is 28.4 Å². The molecule has 0 spiro atoms. The summed E-state index contributed by atoms with van der Waals surface area (Å²) < 4.78 is 37.9. The standard InChI is InChI=1S/C15H15F3N2OS/c1-10-6-7-22-13(10)9-20(2)14(21)19-12-5-3-4-11(8-12)15(16,17)18/h3-8H,9H2,1-2H3,(H,19,21). The lowest BCUT2D eigenvalue weighted by atomic mass is 10.2. The van der Waals surface area contributed by atoms with Gasteiger partial charge in [-0.25, -0.2) is 4.79 Å². The number of alkyl halides is 3. The van der Waals surface area contributed by atoms with Crippen LogP contribution in [0.2, 0.25) is 0 Å². The van der Waals surface area contributed by atoms with Crippen molar-refractivity contribution in [3.8, 4) is 0 Å². The molecule has 0 fully saturated rings. The van der Waals surface area contributed by atoms with Crippen LogP contribution in [0.4, 0.5) is 23.7 Å². The molecule has 1 N–H and O–H groups in total. The van der Waals surface area contributed by atoms with Crippen LogP contribution in [0.5, 0.6) is 0 Å². The number of hydrogen-bond acceptors (Lipinski definition) is 2. The first-order valence-corrected chi connectivity index (χ1v) is 7.37. The Hall–Kier alpha value is -2.02. The summed E-state index contributed by atoms with van der Waals surface area (Å²) in [7, 11) is 1.60. The first-order valence-electron chi connectivity index (χ1n) is 6.49. The largest absolute Gasteiger partial charge is 0.416 e. The monoisotopic (exact) mass is 328 g/mol. The minimum absolute atomic E-state index is 0.120. The van der Waals surface area contributed by atoms with Crippen molar-refractivity contribution in [2.75, 3.05) is 12.4 Å². The molecule has 2 rings (SSSR count). The SMILES string of the molecule is Cc1ccsc1CN(C)C(=O)Nc1cccc(C(F)(F)F)c1. The highest BCUT2D eigenvalue weighted by atomic mass is 32.1. The fourth-order valence-corrected chi connectivity index (χ4v) is 2.80. The number of carbonyl (C=O) groups is 1. The van der Waals surface area contributed by atoms with E-state index < -0.39 is 17.8 Å². The first-order chi connectivity index (χ1) is 10.3. The van der Waals surface area contributed by atoms with Crippen LogP contribution < -0.4 is 5.32 Å². The van der Waals surface area contributed by atoms with Gasteiger partial charge in [0.2, 0.25) is 0 Å². The Balaban J connectivity index is 2.04. The second kappa shape index (κ2) is 6.39. The van der Waals surface area contributed by atoms with Crippen LogP contribution in [0.15, 0.2) is 35.7 Å². The van der Waals surface area contributed by atoms with Crippen LogP contribution in [0.3, 0.4) is 0 Å². The van der Waals surface area contributed by atoms with E-state index in [2.05, 4.69) is 5.32 Å². The molecule has 0 aliphatic rings. The number of carbonyl (C=O) groups excluding carboxylic acids is 1. The van der Waals surface area contributed by atoms with E-state index in [4.69, 9.17) is 0 Å². The molecule has 2 aromatic rings. The second-order valence-corrected chi connectivity index (χ2v) is 5.89. The topological polar surface area (TPSA) is 32.3 Å². The zero-order valence-electron chi connectivity index (χ0n) is 12.1. The van der Waals surface area contributed by atoms with E-state index in [0.717, 1.165) is 22.6 Å². The summed E-state index contributed by atoms with van der Waals surface area (Å²) in [5, 5.41) is 4.41. The van der Waals surface area contributed by atoms with E-state index in [-0.39, 0.29) is 5.69 Å². The van der Waals surface area contributed by atoms with Gasteiger partial charge < -0.3 is 10.2 Å². The van der Waals surface area contributed by atoms with Gasteiger partial charge in [0.05, 0.1) is 12.1 Å². The molecule has 7 heteroatoms. The van der Waals surface area contributed by atoms with Gasteiger partial charge >= 0.3 is 12.2 Å². The highest BCUT2D eigenvalue weighted by molar-refractivity contribution is 7.10. The lowest BCUT2D eigenvalue weighted by Gasteiger charge is -2.18. The highest BCUT2D eigenvalue weighted by Crippen LogP contribution is 2.30. The second-order valence-electron chi connectivity index (χ2n) is 4.89. The van der Waals surface area contributed by atoms with Crippen molar-refractivity contribution >= 4 is 23.1 Å². The Morgan fingerprint density at radius 3 is 2.64 bits per heavy atom. The molecule has 2 amide bonds. The fraction of sp³-hybridized carbons (Fsp3) is 0.267. The zero-order valence-corrected chi connectivity index (χ0v) is 12.9. The van der Waals surface area contributed by atoms with Gasteiger partial charge in [-0.1, -0.05) is 6.07 Å². The molecule has 0 aliphatic heterocycles. The number of rotatable bonds is 3. The summed E-state index contributed by atoms with van der Waals surface area (Å²) in [6.07, 6.45) is -4.43. The number of benzene rings is 1. The number of nitrogens with zero attached hydrogens (tertiary/aromatic N) is 1. The van der Waals surface area contributed by atoms with Crippen LogP contribution in [-0.4, -0.2) is 18.0 Å². The third kappa shape index (κ3) is 4.00. The van der Waals surface area contributed by atoms with Crippen LogP contribution in [0, 0.1) is 6.92 Å². The van der Waals surface area contributed by atoms with Crippen LogP contribution in [0.25, 0.3) is 0 Å². The number of urea groups is 1. The lowest BCUT2D eigenvalue weighted by molar-refractivity contribution is -0.137. The summed E-state index contributed by atoms with van der Waals surface area (Å²) in [6.45, 7) is 2.36. The molecule has 0 radical (unpaired) electrons. The molecule has 22 heavy (non-hydrogen) atoms. The first kappa shape index (κ1) is 16.4. The number of hydrogen-bond donors (Lipinski definition) is 1. The summed E-state index contributed by atoms with van der Waals surface area (Å²) >= 11 is 1.54. The highest BCUT2D eigenvalue weighted by Gasteiger charge is 2.30. The van der Waals surface area contributed by atoms with Crippen molar-refractivity contribution in [3.05, 3.63) is 51.7 Å². The molecule has 0 bridgehead atoms. The summed E-state index contributed by atoms with van der Waals surface area (Å²) in [4.78, 5) is 14.5. The number of aryl methyl sites for hydroxylation is 1. The van der Waals surface area contributed by atoms with Crippen molar-refractivity contribution in [1.82, 2.24) is 4.90 Å². The van der Waals surface area contributed by atoms with E-state index in [1.807, 2.05) is 18.4 Å². The summed E-state index contributed by atoms with van der Waals surface area (Å²) in [5.74, 6) is 0. The Morgan fingerprint density at radius 2 is 2.05 bits per heavy atom. The van der Waals surface area contributed by atoms with Crippen molar-refractivity contribution in [1.29, 1.82) is 0 Å². The minimum atomic E-state index is -4.43. The smallest absolute Gasteiger partial charge is 0.322 e. The van der Waals surface area contributed by atoms with E-state index >= 15 is 0 Å². The maximum atomic E-state index is 12.6. The molecule has 3 nitrogen and oxygen atoms in total. The van der Waals surface area contributed by atoms with E-state index in [1.54, 1.807) is 7.05 Å². The number of halogens is 3. The molecule has 1 heterocycles. The predicted octanol–water partition coefficient (Wildman–Crippen LogP) is 4.74. The van der Waals surface area contributed by atoms with Gasteiger partial charge in [-0.2, -0.15) is 13.2 Å². The Kier molecular flexibility index (Phi) is 4.75. The third-order valence-corrected chi connectivity index (χ3v) is 4.14. The molecule has 1 aromatic heterocycles. The maximum absolute atomic E-state index is 12.6. The average Bonchev–Trinajstić information content (AvgIpc) is 2.83. The molecule has 1 aromatic carbocycles. The summed E-state index contributed by atoms with van der Waals surface area (Å²) in [6, 6.07) is 6.08. The van der Waals surface area contributed by atoms with Gasteiger partial charge in [-0.05, 0) is 42.1 Å². The van der Waals surface area contributed by atoms with Gasteiger partial charge in [0.25, 0.3) is 0 Å². The van der Waals surface area contributed by atoms with Crippen molar-refractivity contribution in [2.24, 2.45) is 0 Å². The molecule has 0 saturated heterocycles. The number of anilines is 1. The van der Waals surface area contributed by atoms with Crippen LogP contribution in [-0.2, 0) is 12.7 Å². The Morgan fingerprint density at radius 1 is 1.32 bits per heavy atom. The molecule has 118 valence electrons. The molecule has 0 atom stereocenters.